The smallest absolute Gasteiger partial charge is 0.134 e. The first kappa shape index (κ1) is 15.6. The van der Waals surface area contributed by atoms with Crippen LogP contribution in [-0.4, -0.2) is 12.9 Å². The van der Waals surface area contributed by atoms with Gasteiger partial charge in [-0.3, -0.25) is 4.79 Å². The van der Waals surface area contributed by atoms with E-state index in [2.05, 4.69) is 15.9 Å². The minimum Gasteiger partial charge on any atom is -0.497 e. The molecule has 0 unspecified atom stereocenters. The van der Waals surface area contributed by atoms with Crippen LogP contribution >= 0.6 is 15.9 Å². The molecule has 0 aliphatic rings. The molecule has 0 radical (unpaired) electrons. The quantitative estimate of drug-likeness (QED) is 0.785. The maximum Gasteiger partial charge on any atom is 0.134 e. The van der Waals surface area contributed by atoms with Crippen molar-refractivity contribution in [1.29, 1.82) is 0 Å². The molecule has 2 aromatic carbocycles. The summed E-state index contributed by atoms with van der Waals surface area (Å²) in [6.07, 6.45) is 0.460. The van der Waals surface area contributed by atoms with E-state index in [1.807, 2.05) is 42.5 Å². The maximum atomic E-state index is 11.1. The predicted octanol–water partition coefficient (Wildman–Crippen LogP) is 4.17. The van der Waals surface area contributed by atoms with Gasteiger partial charge in [-0.25, -0.2) is 0 Å². The zero-order valence-corrected chi connectivity index (χ0v) is 13.6. The fourth-order valence-corrected chi connectivity index (χ4v) is 2.30. The number of Topliss-reactive ketones (excluding diaryl/α,β-unsaturated/α-hetero) is 1. The van der Waals surface area contributed by atoms with Crippen molar-refractivity contribution in [2.75, 3.05) is 7.11 Å². The molecular formula is C17H17BrO3. The van der Waals surface area contributed by atoms with Gasteiger partial charge in [-0.05, 0) is 42.8 Å². The fraction of sp³-hybridized carbons (Fsp3) is 0.235. The minimum absolute atomic E-state index is 0.156. The number of hydrogen-bond donors (Lipinski definition) is 0. The fourth-order valence-electron chi connectivity index (χ4n) is 1.94. The number of carbonyl (C=O) groups is 1. The number of ether oxygens (including phenoxy) is 2. The van der Waals surface area contributed by atoms with Crippen LogP contribution in [0, 0.1) is 0 Å². The van der Waals surface area contributed by atoms with Crippen molar-refractivity contribution in [1.82, 2.24) is 0 Å². The van der Waals surface area contributed by atoms with Gasteiger partial charge in [0.2, 0.25) is 0 Å². The topological polar surface area (TPSA) is 35.5 Å². The molecule has 0 aliphatic carbocycles. The molecule has 4 heteroatoms. The van der Waals surface area contributed by atoms with Crippen molar-refractivity contribution in [2.45, 2.75) is 20.0 Å². The molecule has 0 atom stereocenters. The highest BCUT2D eigenvalue weighted by atomic mass is 79.9. The molecule has 0 bridgehead atoms. The molecule has 0 spiro atoms. The number of methoxy groups -OCH3 is 1. The SMILES string of the molecule is COc1ccc(Br)c(COc2ccc(CC(C)=O)cc2)c1. The van der Waals surface area contributed by atoms with Gasteiger partial charge < -0.3 is 9.47 Å². The molecule has 0 aromatic heterocycles. The van der Waals surface area contributed by atoms with Crippen molar-refractivity contribution in [3.63, 3.8) is 0 Å². The number of rotatable bonds is 6. The highest BCUT2D eigenvalue weighted by molar-refractivity contribution is 9.10. The Labute approximate surface area is 133 Å². The number of hydrogen-bond acceptors (Lipinski definition) is 3. The van der Waals surface area contributed by atoms with Crippen LogP contribution in [0.2, 0.25) is 0 Å². The first-order valence-corrected chi connectivity index (χ1v) is 7.41. The van der Waals surface area contributed by atoms with Crippen LogP contribution in [0.4, 0.5) is 0 Å². The molecule has 0 N–H and O–H groups in total. The number of ketones is 1. The van der Waals surface area contributed by atoms with Crippen molar-refractivity contribution in [2.24, 2.45) is 0 Å². The third kappa shape index (κ3) is 4.60. The van der Waals surface area contributed by atoms with Crippen LogP contribution in [0.25, 0.3) is 0 Å². The summed E-state index contributed by atoms with van der Waals surface area (Å²) in [5, 5.41) is 0. The van der Waals surface area contributed by atoms with Crippen LogP contribution < -0.4 is 9.47 Å². The zero-order valence-electron chi connectivity index (χ0n) is 12.1. The van der Waals surface area contributed by atoms with Gasteiger partial charge in [-0.2, -0.15) is 0 Å². The Hall–Kier alpha value is -1.81. The Morgan fingerprint density at radius 2 is 1.76 bits per heavy atom. The van der Waals surface area contributed by atoms with Gasteiger partial charge in [-0.15, -0.1) is 0 Å². The van der Waals surface area contributed by atoms with Crippen molar-refractivity contribution >= 4 is 21.7 Å². The van der Waals surface area contributed by atoms with Gasteiger partial charge in [-0.1, -0.05) is 28.1 Å². The second-order valence-electron chi connectivity index (χ2n) is 4.77. The van der Waals surface area contributed by atoms with E-state index in [4.69, 9.17) is 9.47 Å². The Bertz CT molecular complexity index is 620. The third-order valence-electron chi connectivity index (χ3n) is 3.02. The first-order chi connectivity index (χ1) is 10.1. The standard InChI is InChI=1S/C17H17BrO3/c1-12(19)9-13-3-5-15(6-4-13)21-11-14-10-16(20-2)7-8-17(14)18/h3-8,10H,9,11H2,1-2H3. The number of benzene rings is 2. The number of carbonyl (C=O) groups excluding carboxylic acids is 1. The van der Waals surface area contributed by atoms with Crippen LogP contribution in [0.5, 0.6) is 11.5 Å². The second-order valence-corrected chi connectivity index (χ2v) is 5.62. The molecule has 2 rings (SSSR count). The van der Waals surface area contributed by atoms with E-state index in [1.54, 1.807) is 14.0 Å². The van der Waals surface area contributed by atoms with E-state index < -0.39 is 0 Å². The lowest BCUT2D eigenvalue weighted by Gasteiger charge is -2.10. The van der Waals surface area contributed by atoms with Gasteiger partial charge in [0.15, 0.2) is 0 Å². The average molecular weight is 349 g/mol. The molecule has 0 amide bonds. The van der Waals surface area contributed by atoms with Gasteiger partial charge in [0.25, 0.3) is 0 Å². The maximum absolute atomic E-state index is 11.1. The van der Waals surface area contributed by atoms with Crippen LogP contribution in [0.15, 0.2) is 46.9 Å². The molecule has 0 saturated carbocycles. The summed E-state index contributed by atoms with van der Waals surface area (Å²) < 4.78 is 12.0. The molecule has 0 heterocycles. The van der Waals surface area contributed by atoms with Crippen LogP contribution in [0.1, 0.15) is 18.1 Å². The lowest BCUT2D eigenvalue weighted by molar-refractivity contribution is -0.116. The molecule has 0 saturated heterocycles. The third-order valence-corrected chi connectivity index (χ3v) is 3.80. The molecular weight excluding hydrogens is 332 g/mol. The van der Waals surface area contributed by atoms with E-state index >= 15 is 0 Å². The molecule has 110 valence electrons. The normalized spacial score (nSPS) is 10.2. The Balaban J connectivity index is 2.01. The molecule has 0 fully saturated rings. The van der Waals surface area contributed by atoms with Crippen molar-refractivity contribution < 1.29 is 14.3 Å². The molecule has 21 heavy (non-hydrogen) atoms. The minimum atomic E-state index is 0.156. The van der Waals surface area contributed by atoms with E-state index in [0.717, 1.165) is 27.1 Å². The largest absolute Gasteiger partial charge is 0.497 e. The molecule has 3 nitrogen and oxygen atoms in total. The Morgan fingerprint density at radius 1 is 1.10 bits per heavy atom. The van der Waals surface area contributed by atoms with Gasteiger partial charge in [0.05, 0.1) is 7.11 Å². The van der Waals surface area contributed by atoms with E-state index in [1.165, 1.54) is 0 Å². The summed E-state index contributed by atoms with van der Waals surface area (Å²) in [5.41, 5.74) is 2.01. The van der Waals surface area contributed by atoms with Crippen LogP contribution in [0.3, 0.4) is 0 Å². The Kier molecular flexibility index (Phi) is 5.39. The molecule has 0 aliphatic heterocycles. The van der Waals surface area contributed by atoms with Crippen LogP contribution in [-0.2, 0) is 17.8 Å². The highest BCUT2D eigenvalue weighted by Gasteiger charge is 2.04. The summed E-state index contributed by atoms with van der Waals surface area (Å²) in [7, 11) is 1.64. The van der Waals surface area contributed by atoms with E-state index in [9.17, 15) is 4.79 Å². The summed E-state index contributed by atoms with van der Waals surface area (Å²) in [6, 6.07) is 13.4. The summed E-state index contributed by atoms with van der Waals surface area (Å²) in [4.78, 5) is 11.1. The first-order valence-electron chi connectivity index (χ1n) is 6.62. The zero-order chi connectivity index (χ0) is 15.2. The molecule has 2 aromatic rings. The average Bonchev–Trinajstić information content (AvgIpc) is 2.47. The summed E-state index contributed by atoms with van der Waals surface area (Å²) in [5.74, 6) is 1.73. The van der Waals surface area contributed by atoms with Gasteiger partial charge in [0, 0.05) is 16.5 Å². The van der Waals surface area contributed by atoms with Crippen molar-refractivity contribution in [3.8, 4) is 11.5 Å². The predicted molar refractivity (Wildman–Crippen MR) is 85.9 cm³/mol. The second kappa shape index (κ2) is 7.27. The van der Waals surface area contributed by atoms with Crippen molar-refractivity contribution in [3.05, 3.63) is 58.1 Å². The van der Waals surface area contributed by atoms with E-state index in [-0.39, 0.29) is 5.78 Å². The lowest BCUT2D eigenvalue weighted by atomic mass is 10.1. The number of halogens is 1. The summed E-state index contributed by atoms with van der Waals surface area (Å²) in [6.45, 7) is 2.04. The van der Waals surface area contributed by atoms with E-state index in [0.29, 0.717) is 13.0 Å². The summed E-state index contributed by atoms with van der Waals surface area (Å²) >= 11 is 3.50. The Morgan fingerprint density at radius 3 is 2.38 bits per heavy atom. The van der Waals surface area contributed by atoms with Gasteiger partial charge in [0.1, 0.15) is 23.9 Å². The lowest BCUT2D eigenvalue weighted by Crippen LogP contribution is -1.99. The monoisotopic (exact) mass is 348 g/mol. The highest BCUT2D eigenvalue weighted by Crippen LogP contribution is 2.24. The van der Waals surface area contributed by atoms with Gasteiger partial charge >= 0.3 is 0 Å².